The van der Waals surface area contributed by atoms with Crippen molar-refractivity contribution in [3.05, 3.63) is 29.8 Å². The molecule has 0 unspecified atom stereocenters. The van der Waals surface area contributed by atoms with Crippen LogP contribution in [0.4, 0.5) is 0 Å². The zero-order chi connectivity index (χ0) is 13.7. The number of rotatable bonds is 5. The number of benzene rings is 1. The van der Waals surface area contributed by atoms with E-state index in [-0.39, 0.29) is 58.0 Å². The third-order valence-electron chi connectivity index (χ3n) is 3.77. The molecule has 106 valence electrons. The maximum atomic E-state index is 10.6. The largest absolute Gasteiger partial charge is 1.00 e. The van der Waals surface area contributed by atoms with Crippen molar-refractivity contribution < 1.29 is 61.2 Å². The second kappa shape index (κ2) is 9.56. The number of piperidine rings is 1. The van der Waals surface area contributed by atoms with Crippen molar-refractivity contribution in [1.82, 2.24) is 4.90 Å². The van der Waals surface area contributed by atoms with Gasteiger partial charge in [-0.15, -0.1) is 6.61 Å². The quantitative estimate of drug-likeness (QED) is 0.656. The monoisotopic (exact) mass is 301 g/mol. The van der Waals surface area contributed by atoms with Crippen LogP contribution in [0.3, 0.4) is 0 Å². The molecule has 0 amide bonds. The van der Waals surface area contributed by atoms with Gasteiger partial charge >= 0.3 is 51.4 Å². The maximum absolute atomic E-state index is 10.6. The Bertz CT molecular complexity index is 390. The summed E-state index contributed by atoms with van der Waals surface area (Å²) in [4.78, 5) is 2.23. The predicted molar refractivity (Wildman–Crippen MR) is 75.5 cm³/mol. The summed E-state index contributed by atoms with van der Waals surface area (Å²) in [5.41, 5.74) is 1.32. The molecule has 0 aromatic heterocycles. The number of likely N-dealkylation sites (tertiary alicyclic amines) is 1. The first-order chi connectivity index (χ1) is 9.19. The van der Waals surface area contributed by atoms with Gasteiger partial charge in [0.25, 0.3) is 0 Å². The summed E-state index contributed by atoms with van der Waals surface area (Å²) in [5, 5.41) is 10.6. The van der Waals surface area contributed by atoms with Crippen molar-refractivity contribution in [2.24, 2.45) is 0 Å². The fourth-order valence-corrected chi connectivity index (χ4v) is 2.52. The van der Waals surface area contributed by atoms with Crippen LogP contribution in [0, 0.1) is 0 Å². The van der Waals surface area contributed by atoms with Crippen LogP contribution in [0.2, 0.25) is 0 Å². The molecule has 0 saturated carbocycles. The molecular weight excluding hydrogens is 277 g/mol. The molecular formula is C16H24KNO2. The van der Waals surface area contributed by atoms with Gasteiger partial charge in [-0.1, -0.05) is 26.0 Å². The van der Waals surface area contributed by atoms with Gasteiger partial charge in [0, 0.05) is 13.1 Å². The first-order valence-corrected chi connectivity index (χ1v) is 7.26. The molecule has 1 aliphatic rings. The summed E-state index contributed by atoms with van der Waals surface area (Å²) >= 11 is 0. The molecule has 3 nitrogen and oxygen atoms in total. The van der Waals surface area contributed by atoms with E-state index in [1.165, 1.54) is 5.56 Å². The van der Waals surface area contributed by atoms with Crippen molar-refractivity contribution >= 4 is 0 Å². The first kappa shape index (κ1) is 18.6. The summed E-state index contributed by atoms with van der Waals surface area (Å²) in [5.74, 6) is 1.51. The van der Waals surface area contributed by atoms with Gasteiger partial charge in [-0.05, 0) is 43.0 Å². The van der Waals surface area contributed by atoms with E-state index in [1.807, 2.05) is 6.07 Å². The number of nitrogens with zero attached hydrogens (tertiary/aromatic N) is 1. The molecule has 1 aromatic carbocycles. The Morgan fingerprint density at radius 1 is 1.30 bits per heavy atom. The molecule has 4 heteroatoms. The van der Waals surface area contributed by atoms with Gasteiger partial charge in [0.2, 0.25) is 0 Å². The molecule has 1 saturated heterocycles. The third-order valence-corrected chi connectivity index (χ3v) is 3.77. The topological polar surface area (TPSA) is 35.5 Å². The first-order valence-electron chi connectivity index (χ1n) is 7.26. The summed E-state index contributed by atoms with van der Waals surface area (Å²) in [6, 6.07) is 8.40. The summed E-state index contributed by atoms with van der Waals surface area (Å²) in [7, 11) is 0. The third kappa shape index (κ3) is 5.76. The maximum Gasteiger partial charge on any atom is 1.00 e. The van der Waals surface area contributed by atoms with E-state index >= 15 is 0 Å². The zero-order valence-electron chi connectivity index (χ0n) is 13.0. The van der Waals surface area contributed by atoms with Crippen LogP contribution in [0.25, 0.3) is 0 Å². The fraction of sp³-hybridized carbons (Fsp3) is 0.625. The molecule has 0 radical (unpaired) electrons. The van der Waals surface area contributed by atoms with E-state index in [0.717, 1.165) is 31.7 Å². The molecule has 1 heterocycles. The second-order valence-electron chi connectivity index (χ2n) is 5.59. The van der Waals surface area contributed by atoms with Crippen molar-refractivity contribution in [2.75, 3.05) is 26.2 Å². The van der Waals surface area contributed by atoms with Gasteiger partial charge in [-0.2, -0.15) is 0 Å². The second-order valence-corrected chi connectivity index (χ2v) is 5.59. The Balaban J connectivity index is 0.00000200. The van der Waals surface area contributed by atoms with E-state index in [2.05, 4.69) is 36.9 Å². The minimum absolute atomic E-state index is 0. The van der Waals surface area contributed by atoms with Crippen molar-refractivity contribution in [3.8, 4) is 5.75 Å². The fourth-order valence-electron chi connectivity index (χ4n) is 2.52. The Morgan fingerprint density at radius 2 is 2.00 bits per heavy atom. The van der Waals surface area contributed by atoms with Crippen LogP contribution >= 0.6 is 0 Å². The number of ether oxygens (including phenoxy) is 1. The van der Waals surface area contributed by atoms with Gasteiger partial charge in [0.1, 0.15) is 11.9 Å². The van der Waals surface area contributed by atoms with E-state index in [4.69, 9.17) is 4.74 Å². The molecule has 0 bridgehead atoms. The molecule has 2 rings (SSSR count). The molecule has 0 aliphatic carbocycles. The molecule has 1 aliphatic heterocycles. The normalized spacial score (nSPS) is 17.0. The molecule has 0 atom stereocenters. The van der Waals surface area contributed by atoms with Crippen molar-refractivity contribution in [2.45, 2.75) is 38.7 Å². The molecule has 20 heavy (non-hydrogen) atoms. The van der Waals surface area contributed by atoms with Crippen LogP contribution in [-0.4, -0.2) is 37.2 Å². The van der Waals surface area contributed by atoms with Crippen LogP contribution < -0.4 is 61.2 Å². The van der Waals surface area contributed by atoms with E-state index < -0.39 is 0 Å². The minimum Gasteiger partial charge on any atom is -0.854 e. The smallest absolute Gasteiger partial charge is 0.854 e. The summed E-state index contributed by atoms with van der Waals surface area (Å²) in [6.45, 7) is 7.03. The SMILES string of the molecule is CC(C)c1cccc(OC2CCN(CC[O-])CC2)c1.[K+]. The van der Waals surface area contributed by atoms with Crippen LogP contribution in [-0.2, 0) is 0 Å². The Hall–Kier alpha value is 0.576. The van der Waals surface area contributed by atoms with E-state index in [0.29, 0.717) is 18.6 Å². The van der Waals surface area contributed by atoms with Gasteiger partial charge in [0.05, 0.1) is 0 Å². The van der Waals surface area contributed by atoms with Crippen LogP contribution in [0.15, 0.2) is 24.3 Å². The minimum atomic E-state index is 0. The average Bonchev–Trinajstić information content (AvgIpc) is 2.42. The molecule has 0 spiro atoms. The van der Waals surface area contributed by atoms with Gasteiger partial charge < -0.3 is 14.7 Å². The van der Waals surface area contributed by atoms with Gasteiger partial charge in [0.15, 0.2) is 0 Å². The Kier molecular flexibility index (Phi) is 8.91. The molecule has 0 N–H and O–H groups in total. The van der Waals surface area contributed by atoms with E-state index in [9.17, 15) is 5.11 Å². The zero-order valence-corrected chi connectivity index (χ0v) is 16.1. The predicted octanol–water partition coefficient (Wildman–Crippen LogP) is -0.982. The molecule has 1 aromatic rings. The summed E-state index contributed by atoms with van der Waals surface area (Å²) in [6.07, 6.45) is 2.34. The van der Waals surface area contributed by atoms with Gasteiger partial charge in [-0.25, -0.2) is 0 Å². The van der Waals surface area contributed by atoms with Crippen molar-refractivity contribution in [1.29, 1.82) is 0 Å². The van der Waals surface area contributed by atoms with Gasteiger partial charge in [-0.3, -0.25) is 0 Å². The van der Waals surface area contributed by atoms with Crippen LogP contribution in [0.1, 0.15) is 38.2 Å². The Morgan fingerprint density at radius 3 is 2.60 bits per heavy atom. The van der Waals surface area contributed by atoms with E-state index in [1.54, 1.807) is 0 Å². The average molecular weight is 301 g/mol. The Labute approximate surface area is 165 Å². The number of hydrogen-bond donors (Lipinski definition) is 0. The standard InChI is InChI=1S/C16H24NO2.K/c1-13(2)14-4-3-5-16(12-14)19-15-6-8-17(9-7-15)10-11-18;/h3-5,12-13,15H,6-11H2,1-2H3;/q-1;+1. The summed E-state index contributed by atoms with van der Waals surface area (Å²) < 4.78 is 6.07. The van der Waals surface area contributed by atoms with Crippen molar-refractivity contribution in [3.63, 3.8) is 0 Å². The molecule has 1 fully saturated rings. The van der Waals surface area contributed by atoms with Crippen LogP contribution in [0.5, 0.6) is 5.75 Å². The number of hydrogen-bond acceptors (Lipinski definition) is 3.